The topological polar surface area (TPSA) is 53.6 Å². The Labute approximate surface area is 202 Å². The number of rotatable bonds is 14. The number of halogens is 3. The molecule has 0 radical (unpaired) electrons. The minimum absolute atomic E-state index is 0.139. The Balaban J connectivity index is 2.17. The molecule has 0 aromatic carbocycles. The second kappa shape index (κ2) is 16.6. The first-order chi connectivity index (χ1) is 14.3. The van der Waals surface area contributed by atoms with Crippen molar-refractivity contribution in [3.8, 4) is 0 Å². The summed E-state index contributed by atoms with van der Waals surface area (Å²) >= 11 is 23.5. The summed E-state index contributed by atoms with van der Waals surface area (Å²) in [6, 6.07) is 0. The van der Waals surface area contributed by atoms with E-state index in [2.05, 4.69) is 17.6 Å². The van der Waals surface area contributed by atoms with Gasteiger partial charge in [-0.25, -0.2) is 0 Å². The van der Waals surface area contributed by atoms with Crippen LogP contribution in [0.5, 0.6) is 0 Å². The fraction of sp³-hybridized carbons (Fsp3) is 0.905. The van der Waals surface area contributed by atoms with E-state index >= 15 is 0 Å². The lowest BCUT2D eigenvalue weighted by Crippen LogP contribution is -2.59. The Hall–Kier alpha value is -0.0100. The lowest BCUT2D eigenvalue weighted by molar-refractivity contribution is -0.122. The third kappa shape index (κ3) is 13.4. The number of alkyl halides is 3. The van der Waals surface area contributed by atoms with Crippen molar-refractivity contribution in [1.29, 1.82) is 0 Å². The molecule has 0 aromatic heterocycles. The molecular formula is C21H38Cl3N3O2S. The number of carbonyl (C=O) groups excluding carboxylic acids is 1. The molecule has 1 amide bonds. The Morgan fingerprint density at radius 2 is 1.43 bits per heavy atom. The molecular weight excluding hydrogens is 465 g/mol. The molecule has 1 aliphatic heterocycles. The predicted octanol–water partition coefficient (Wildman–Crippen LogP) is 5.71. The van der Waals surface area contributed by atoms with Crippen molar-refractivity contribution < 1.29 is 9.53 Å². The van der Waals surface area contributed by atoms with Gasteiger partial charge in [-0.05, 0) is 18.6 Å². The first-order valence-electron chi connectivity index (χ1n) is 11.3. The molecule has 1 fully saturated rings. The maximum Gasteiger partial charge on any atom is 0.228 e. The van der Waals surface area contributed by atoms with Crippen LogP contribution in [0.2, 0.25) is 0 Å². The van der Waals surface area contributed by atoms with E-state index in [9.17, 15) is 4.79 Å². The van der Waals surface area contributed by atoms with Gasteiger partial charge in [0.2, 0.25) is 9.70 Å². The van der Waals surface area contributed by atoms with E-state index in [4.69, 9.17) is 51.8 Å². The number of amides is 1. The van der Waals surface area contributed by atoms with Gasteiger partial charge in [0.15, 0.2) is 5.11 Å². The number of morpholine rings is 1. The molecule has 1 rings (SSSR count). The molecule has 1 heterocycles. The van der Waals surface area contributed by atoms with Crippen molar-refractivity contribution in [2.45, 2.75) is 93.9 Å². The molecule has 1 atom stereocenters. The summed E-state index contributed by atoms with van der Waals surface area (Å²) in [6.45, 7) is 4.79. The molecule has 2 N–H and O–H groups in total. The van der Waals surface area contributed by atoms with Gasteiger partial charge in [-0.3, -0.25) is 4.79 Å². The van der Waals surface area contributed by atoms with Gasteiger partial charge in [0, 0.05) is 19.5 Å². The molecule has 0 aliphatic carbocycles. The zero-order valence-electron chi connectivity index (χ0n) is 18.2. The fourth-order valence-electron chi connectivity index (χ4n) is 3.36. The molecule has 1 unspecified atom stereocenters. The first-order valence-corrected chi connectivity index (χ1v) is 12.9. The third-order valence-corrected chi connectivity index (χ3v) is 6.24. The summed E-state index contributed by atoms with van der Waals surface area (Å²) in [7, 11) is 0. The van der Waals surface area contributed by atoms with Gasteiger partial charge in [0.25, 0.3) is 0 Å². The van der Waals surface area contributed by atoms with E-state index < -0.39 is 9.96 Å². The molecule has 0 bridgehead atoms. The number of hydrogen-bond acceptors (Lipinski definition) is 3. The van der Waals surface area contributed by atoms with E-state index in [0.717, 1.165) is 19.3 Å². The molecule has 1 aliphatic rings. The van der Waals surface area contributed by atoms with Crippen LogP contribution in [0.25, 0.3) is 0 Å². The van der Waals surface area contributed by atoms with Crippen LogP contribution >= 0.6 is 47.0 Å². The predicted molar refractivity (Wildman–Crippen MR) is 131 cm³/mol. The number of nitrogens with one attached hydrogen (secondary N) is 2. The van der Waals surface area contributed by atoms with Crippen LogP contribution in [0.4, 0.5) is 0 Å². The zero-order valence-corrected chi connectivity index (χ0v) is 21.3. The van der Waals surface area contributed by atoms with Gasteiger partial charge in [-0.15, -0.1) is 0 Å². The number of carbonyl (C=O) groups is 1. The van der Waals surface area contributed by atoms with Crippen molar-refractivity contribution in [3.05, 3.63) is 0 Å². The quantitative estimate of drug-likeness (QED) is 0.138. The maximum atomic E-state index is 12.3. The standard InChI is InChI=1S/C21H38Cl3N3O2S/c1-2-3-4-5-6-7-8-9-10-11-12-13-18(28)25-19(21(22,23)24)26-20(30)27-14-16-29-17-15-27/h19H,2-17H2,1H3,(H,25,28)(H,26,30). The molecule has 176 valence electrons. The Morgan fingerprint density at radius 1 is 0.933 bits per heavy atom. The lowest BCUT2D eigenvalue weighted by Gasteiger charge is -2.34. The lowest BCUT2D eigenvalue weighted by atomic mass is 10.1. The van der Waals surface area contributed by atoms with Gasteiger partial charge in [0.05, 0.1) is 13.2 Å². The van der Waals surface area contributed by atoms with Crippen LogP contribution in [0.1, 0.15) is 84.0 Å². The number of hydrogen-bond donors (Lipinski definition) is 2. The monoisotopic (exact) mass is 501 g/mol. The van der Waals surface area contributed by atoms with Crippen molar-refractivity contribution in [2.75, 3.05) is 26.3 Å². The summed E-state index contributed by atoms with van der Waals surface area (Å²) in [5, 5.41) is 6.19. The third-order valence-electron chi connectivity index (χ3n) is 5.21. The molecule has 9 heteroatoms. The average molecular weight is 503 g/mol. The number of thiocarbonyl (C=S) groups is 1. The smallest absolute Gasteiger partial charge is 0.228 e. The number of unbranched alkanes of at least 4 members (excludes halogenated alkanes) is 10. The minimum atomic E-state index is -1.71. The SMILES string of the molecule is CCCCCCCCCCCCCC(=O)NC(NC(=S)N1CCOCC1)C(Cl)(Cl)Cl. The van der Waals surface area contributed by atoms with Gasteiger partial charge in [0.1, 0.15) is 6.17 Å². The highest BCUT2D eigenvalue weighted by Gasteiger charge is 2.35. The largest absolute Gasteiger partial charge is 0.378 e. The zero-order chi connectivity index (χ0) is 22.2. The Morgan fingerprint density at radius 3 is 1.93 bits per heavy atom. The summed E-state index contributed by atoms with van der Waals surface area (Å²) in [5.74, 6) is -0.139. The summed E-state index contributed by atoms with van der Waals surface area (Å²) in [5.41, 5.74) is 0. The number of nitrogens with zero attached hydrogens (tertiary/aromatic N) is 1. The minimum Gasteiger partial charge on any atom is -0.378 e. The van der Waals surface area contributed by atoms with Crippen LogP contribution in [0, 0.1) is 0 Å². The van der Waals surface area contributed by atoms with E-state index in [0.29, 0.717) is 37.8 Å². The van der Waals surface area contributed by atoms with E-state index in [1.54, 1.807) is 0 Å². The molecule has 0 spiro atoms. The summed E-state index contributed by atoms with van der Waals surface area (Å²) < 4.78 is 3.61. The van der Waals surface area contributed by atoms with E-state index in [-0.39, 0.29) is 5.91 Å². The Bertz CT molecular complexity index is 487. The summed E-state index contributed by atoms with van der Waals surface area (Å²) in [4.78, 5) is 14.3. The van der Waals surface area contributed by atoms with Crippen molar-refractivity contribution >= 4 is 58.0 Å². The maximum absolute atomic E-state index is 12.3. The molecule has 0 saturated carbocycles. The molecule has 30 heavy (non-hydrogen) atoms. The second-order valence-corrected chi connectivity index (χ2v) is 10.6. The van der Waals surface area contributed by atoms with Crippen LogP contribution in [0.15, 0.2) is 0 Å². The Kier molecular flexibility index (Phi) is 15.5. The van der Waals surface area contributed by atoms with Crippen LogP contribution in [0.3, 0.4) is 0 Å². The fourth-order valence-corrected chi connectivity index (χ4v) is 3.99. The highest BCUT2D eigenvalue weighted by atomic mass is 35.6. The second-order valence-electron chi connectivity index (χ2n) is 7.88. The number of ether oxygens (including phenoxy) is 1. The van der Waals surface area contributed by atoms with E-state index in [1.807, 2.05) is 4.90 Å². The van der Waals surface area contributed by atoms with Crippen molar-refractivity contribution in [2.24, 2.45) is 0 Å². The average Bonchev–Trinajstić information content (AvgIpc) is 2.71. The van der Waals surface area contributed by atoms with Gasteiger partial charge >= 0.3 is 0 Å². The van der Waals surface area contributed by atoms with E-state index in [1.165, 1.54) is 51.4 Å². The van der Waals surface area contributed by atoms with Crippen LogP contribution in [-0.2, 0) is 9.53 Å². The van der Waals surface area contributed by atoms with Crippen LogP contribution in [-0.4, -0.2) is 52.2 Å². The highest BCUT2D eigenvalue weighted by Crippen LogP contribution is 2.29. The first kappa shape index (κ1) is 28.0. The normalized spacial score (nSPS) is 15.7. The van der Waals surface area contributed by atoms with Crippen molar-refractivity contribution in [3.63, 3.8) is 0 Å². The van der Waals surface area contributed by atoms with Gasteiger partial charge in [-0.1, -0.05) is 106 Å². The molecule has 1 saturated heterocycles. The molecule has 5 nitrogen and oxygen atoms in total. The van der Waals surface area contributed by atoms with Crippen LogP contribution < -0.4 is 10.6 Å². The van der Waals surface area contributed by atoms with Crippen molar-refractivity contribution in [1.82, 2.24) is 15.5 Å². The highest BCUT2D eigenvalue weighted by molar-refractivity contribution is 7.80. The summed E-state index contributed by atoms with van der Waals surface area (Å²) in [6.07, 6.45) is 13.2. The van der Waals surface area contributed by atoms with Gasteiger partial charge in [-0.2, -0.15) is 0 Å². The van der Waals surface area contributed by atoms with Gasteiger partial charge < -0.3 is 20.3 Å². The molecule has 0 aromatic rings.